The minimum Gasteiger partial charge on any atom is -0.300 e. The van der Waals surface area contributed by atoms with Crippen LogP contribution >= 0.6 is 0 Å². The van der Waals surface area contributed by atoms with E-state index in [0.29, 0.717) is 17.6 Å². The molecule has 0 N–H and O–H groups in total. The van der Waals surface area contributed by atoms with E-state index in [1.165, 1.54) is 44.9 Å². The average Bonchev–Trinajstić information content (AvgIpc) is 2.14. The Labute approximate surface area is 94.6 Å². The zero-order valence-electron chi connectivity index (χ0n) is 10.4. The molecule has 1 nitrogen and oxygen atoms in total. The highest BCUT2D eigenvalue weighted by Crippen LogP contribution is 2.21. The molecule has 0 amide bonds. The lowest BCUT2D eigenvalue weighted by atomic mass is 9.90. The van der Waals surface area contributed by atoms with Crippen molar-refractivity contribution < 1.29 is 4.79 Å². The first-order chi connectivity index (χ1) is 7.18. The van der Waals surface area contributed by atoms with Crippen LogP contribution < -0.4 is 0 Å². The van der Waals surface area contributed by atoms with Crippen molar-refractivity contribution in [2.75, 3.05) is 0 Å². The number of Topliss-reactive ketones (excluding diaryl/α,β-unsaturated/α-hetero) is 1. The van der Waals surface area contributed by atoms with Gasteiger partial charge < -0.3 is 0 Å². The molecule has 1 fully saturated rings. The van der Waals surface area contributed by atoms with Gasteiger partial charge in [-0.2, -0.15) is 0 Å². The van der Waals surface area contributed by atoms with Gasteiger partial charge in [-0.1, -0.05) is 58.8 Å². The molecule has 0 bridgehead atoms. The van der Waals surface area contributed by atoms with Crippen molar-refractivity contribution in [2.24, 2.45) is 11.8 Å². The molecule has 1 rings (SSSR count). The molecule has 15 heavy (non-hydrogen) atoms. The van der Waals surface area contributed by atoms with Gasteiger partial charge in [0.1, 0.15) is 5.78 Å². The SMILES string of the molecule is C[C@@H]1CCCCCCC[C@@H](C)CC(=O)C1. The van der Waals surface area contributed by atoms with Gasteiger partial charge in [-0.15, -0.1) is 0 Å². The van der Waals surface area contributed by atoms with Gasteiger partial charge in [-0.05, 0) is 11.8 Å². The fourth-order valence-electron chi connectivity index (χ4n) is 2.58. The van der Waals surface area contributed by atoms with Gasteiger partial charge in [0.15, 0.2) is 0 Å². The topological polar surface area (TPSA) is 17.1 Å². The number of hydrogen-bond donors (Lipinski definition) is 0. The molecule has 0 spiro atoms. The van der Waals surface area contributed by atoms with E-state index in [4.69, 9.17) is 0 Å². The lowest BCUT2D eigenvalue weighted by molar-refractivity contribution is -0.120. The molecular formula is C14H26O. The molecule has 0 aromatic rings. The molecular weight excluding hydrogens is 184 g/mol. The third kappa shape index (κ3) is 5.96. The van der Waals surface area contributed by atoms with E-state index >= 15 is 0 Å². The van der Waals surface area contributed by atoms with Crippen LogP contribution in [0.3, 0.4) is 0 Å². The van der Waals surface area contributed by atoms with Crippen LogP contribution in [0.1, 0.15) is 71.6 Å². The zero-order chi connectivity index (χ0) is 11.1. The summed E-state index contributed by atoms with van der Waals surface area (Å²) >= 11 is 0. The monoisotopic (exact) mass is 210 g/mol. The molecule has 1 aliphatic carbocycles. The fourth-order valence-corrected chi connectivity index (χ4v) is 2.58. The van der Waals surface area contributed by atoms with Gasteiger partial charge in [-0.3, -0.25) is 4.79 Å². The van der Waals surface area contributed by atoms with E-state index in [1.54, 1.807) is 0 Å². The second-order valence-corrected chi connectivity index (χ2v) is 5.50. The molecule has 0 saturated heterocycles. The zero-order valence-corrected chi connectivity index (χ0v) is 10.4. The molecule has 88 valence electrons. The Hall–Kier alpha value is -0.330. The highest BCUT2D eigenvalue weighted by atomic mass is 16.1. The average molecular weight is 210 g/mol. The number of rotatable bonds is 0. The maximum Gasteiger partial charge on any atom is 0.133 e. The summed E-state index contributed by atoms with van der Waals surface area (Å²) in [6.45, 7) is 4.46. The van der Waals surface area contributed by atoms with E-state index in [9.17, 15) is 4.79 Å². The molecule has 1 aliphatic rings. The van der Waals surface area contributed by atoms with Gasteiger partial charge in [-0.25, -0.2) is 0 Å². The summed E-state index contributed by atoms with van der Waals surface area (Å²) in [5.74, 6) is 1.73. The lowest BCUT2D eigenvalue weighted by Gasteiger charge is -2.15. The van der Waals surface area contributed by atoms with Crippen LogP contribution in [0, 0.1) is 11.8 Å². The van der Waals surface area contributed by atoms with Crippen molar-refractivity contribution in [1.29, 1.82) is 0 Å². The molecule has 0 radical (unpaired) electrons. The highest BCUT2D eigenvalue weighted by molar-refractivity contribution is 5.78. The van der Waals surface area contributed by atoms with Crippen LogP contribution in [0.2, 0.25) is 0 Å². The first kappa shape index (κ1) is 12.7. The Kier molecular flexibility index (Phi) is 5.97. The van der Waals surface area contributed by atoms with Crippen LogP contribution in [0.15, 0.2) is 0 Å². The standard InChI is InChI=1S/C14H26O/c1-12-8-6-4-3-5-7-9-13(2)11-14(15)10-12/h12-13H,3-11H2,1-2H3/t12-,13-/m1/s1. The normalized spacial score (nSPS) is 31.7. The van der Waals surface area contributed by atoms with E-state index in [-0.39, 0.29) is 0 Å². The van der Waals surface area contributed by atoms with Crippen molar-refractivity contribution in [3.63, 3.8) is 0 Å². The Morgan fingerprint density at radius 2 is 1.20 bits per heavy atom. The fraction of sp³-hybridized carbons (Fsp3) is 0.929. The summed E-state index contributed by atoms with van der Waals surface area (Å²) in [5, 5.41) is 0. The van der Waals surface area contributed by atoms with Crippen LogP contribution in [0.25, 0.3) is 0 Å². The lowest BCUT2D eigenvalue weighted by Crippen LogP contribution is -2.10. The quantitative estimate of drug-likeness (QED) is 0.581. The van der Waals surface area contributed by atoms with Crippen molar-refractivity contribution in [3.8, 4) is 0 Å². The van der Waals surface area contributed by atoms with Crippen LogP contribution in [0.5, 0.6) is 0 Å². The molecule has 0 aliphatic heterocycles. The minimum atomic E-state index is 0.496. The maximum absolute atomic E-state index is 11.7. The molecule has 2 atom stereocenters. The smallest absolute Gasteiger partial charge is 0.133 e. The Balaban J connectivity index is 2.37. The summed E-state index contributed by atoms with van der Waals surface area (Å²) in [6.07, 6.45) is 10.9. The predicted octanol–water partition coefficient (Wildman–Crippen LogP) is 4.35. The Morgan fingerprint density at radius 1 is 0.800 bits per heavy atom. The molecule has 0 unspecified atom stereocenters. The summed E-state index contributed by atoms with van der Waals surface area (Å²) < 4.78 is 0. The molecule has 0 aromatic carbocycles. The second-order valence-electron chi connectivity index (χ2n) is 5.50. The van der Waals surface area contributed by atoms with E-state index in [2.05, 4.69) is 13.8 Å². The van der Waals surface area contributed by atoms with Gasteiger partial charge >= 0.3 is 0 Å². The number of carbonyl (C=O) groups excluding carboxylic acids is 1. The maximum atomic E-state index is 11.7. The summed E-state index contributed by atoms with van der Waals surface area (Å²) in [6, 6.07) is 0. The highest BCUT2D eigenvalue weighted by Gasteiger charge is 2.13. The molecule has 0 aromatic heterocycles. The van der Waals surface area contributed by atoms with Crippen LogP contribution in [-0.2, 0) is 4.79 Å². The molecule has 0 heterocycles. The first-order valence-corrected chi connectivity index (χ1v) is 6.70. The number of carbonyl (C=O) groups is 1. The second kappa shape index (κ2) is 7.03. The van der Waals surface area contributed by atoms with Crippen molar-refractivity contribution in [2.45, 2.75) is 71.6 Å². The van der Waals surface area contributed by atoms with Crippen LogP contribution in [-0.4, -0.2) is 5.78 Å². The van der Waals surface area contributed by atoms with Gasteiger partial charge in [0.25, 0.3) is 0 Å². The van der Waals surface area contributed by atoms with Crippen molar-refractivity contribution in [1.82, 2.24) is 0 Å². The molecule has 1 saturated carbocycles. The van der Waals surface area contributed by atoms with E-state index < -0.39 is 0 Å². The summed E-state index contributed by atoms with van der Waals surface area (Å²) in [5.41, 5.74) is 0. The predicted molar refractivity (Wildman–Crippen MR) is 64.9 cm³/mol. The van der Waals surface area contributed by atoms with Crippen molar-refractivity contribution in [3.05, 3.63) is 0 Å². The number of ketones is 1. The summed E-state index contributed by atoms with van der Waals surface area (Å²) in [7, 11) is 0. The largest absolute Gasteiger partial charge is 0.300 e. The first-order valence-electron chi connectivity index (χ1n) is 6.70. The van der Waals surface area contributed by atoms with Gasteiger partial charge in [0.05, 0.1) is 0 Å². The minimum absolute atomic E-state index is 0.496. The summed E-state index contributed by atoms with van der Waals surface area (Å²) in [4.78, 5) is 11.7. The third-order valence-electron chi connectivity index (χ3n) is 3.55. The third-order valence-corrected chi connectivity index (χ3v) is 3.55. The van der Waals surface area contributed by atoms with E-state index in [1.807, 2.05) is 0 Å². The van der Waals surface area contributed by atoms with Gasteiger partial charge in [0.2, 0.25) is 0 Å². The Bertz CT molecular complexity index is 168. The van der Waals surface area contributed by atoms with Crippen LogP contribution in [0.4, 0.5) is 0 Å². The Morgan fingerprint density at radius 3 is 1.67 bits per heavy atom. The van der Waals surface area contributed by atoms with Crippen molar-refractivity contribution >= 4 is 5.78 Å². The van der Waals surface area contributed by atoms with E-state index in [0.717, 1.165) is 12.8 Å². The number of hydrogen-bond acceptors (Lipinski definition) is 1. The van der Waals surface area contributed by atoms with Gasteiger partial charge in [0, 0.05) is 12.8 Å². The molecule has 1 heteroatoms.